The van der Waals surface area contributed by atoms with Crippen LogP contribution in [0, 0.1) is 6.92 Å². The van der Waals surface area contributed by atoms with E-state index in [0.717, 1.165) is 18.8 Å². The maximum Gasteiger partial charge on any atom is 0.0953 e. The van der Waals surface area contributed by atoms with Gasteiger partial charge >= 0.3 is 0 Å². The van der Waals surface area contributed by atoms with Gasteiger partial charge in [0.05, 0.1) is 12.0 Å². The zero-order valence-corrected chi connectivity index (χ0v) is 9.77. The summed E-state index contributed by atoms with van der Waals surface area (Å²) in [5.41, 5.74) is 3.75. The number of aryl methyl sites for hydroxylation is 1. The zero-order valence-electron chi connectivity index (χ0n) is 9.77. The highest BCUT2D eigenvalue weighted by Gasteiger charge is 2.00. The second-order valence-corrected chi connectivity index (χ2v) is 3.99. The first-order valence-corrected chi connectivity index (χ1v) is 5.49. The molecule has 1 heterocycles. The number of hydrogen-bond acceptors (Lipinski definition) is 2. The summed E-state index contributed by atoms with van der Waals surface area (Å²) >= 11 is 0. The summed E-state index contributed by atoms with van der Waals surface area (Å²) in [5, 5.41) is 3.10. The molecule has 3 heteroatoms. The van der Waals surface area contributed by atoms with E-state index >= 15 is 0 Å². The lowest BCUT2D eigenvalue weighted by Crippen LogP contribution is -2.05. The Hall–Kier alpha value is -1.61. The summed E-state index contributed by atoms with van der Waals surface area (Å²) in [6.07, 6.45) is 3.97. The summed E-state index contributed by atoms with van der Waals surface area (Å²) in [6.45, 7) is 3.85. The lowest BCUT2D eigenvalue weighted by molar-refractivity contribution is 0.779. The van der Waals surface area contributed by atoms with E-state index in [1.165, 1.54) is 11.1 Å². The highest BCUT2D eigenvalue weighted by Crippen LogP contribution is 2.09. The predicted octanol–water partition coefficient (Wildman–Crippen LogP) is 1.96. The molecule has 0 saturated carbocycles. The van der Waals surface area contributed by atoms with Crippen LogP contribution in [0.25, 0.3) is 0 Å². The van der Waals surface area contributed by atoms with Crippen LogP contribution in [-0.2, 0) is 13.1 Å². The van der Waals surface area contributed by atoms with E-state index < -0.39 is 0 Å². The van der Waals surface area contributed by atoms with Crippen molar-refractivity contribution in [3.8, 4) is 0 Å². The predicted molar refractivity (Wildman–Crippen MR) is 65.3 cm³/mol. The van der Waals surface area contributed by atoms with Crippen LogP contribution in [0.15, 0.2) is 36.8 Å². The quantitative estimate of drug-likeness (QED) is 0.845. The van der Waals surface area contributed by atoms with Crippen molar-refractivity contribution in [1.29, 1.82) is 0 Å². The van der Waals surface area contributed by atoms with Gasteiger partial charge in [-0.1, -0.05) is 24.3 Å². The molecule has 0 radical (unpaired) electrons. The van der Waals surface area contributed by atoms with Gasteiger partial charge in [-0.15, -0.1) is 0 Å². The van der Waals surface area contributed by atoms with Crippen LogP contribution in [0.2, 0.25) is 0 Å². The first-order chi connectivity index (χ1) is 7.79. The molecule has 0 fully saturated rings. The lowest BCUT2D eigenvalue weighted by Gasteiger charge is -2.05. The summed E-state index contributed by atoms with van der Waals surface area (Å²) < 4.78 is 2.12. The van der Waals surface area contributed by atoms with Crippen molar-refractivity contribution in [2.24, 2.45) is 0 Å². The maximum absolute atomic E-state index is 4.33. The molecule has 0 spiro atoms. The molecule has 1 N–H and O–H groups in total. The minimum atomic E-state index is 0.820. The van der Waals surface area contributed by atoms with E-state index in [4.69, 9.17) is 0 Å². The normalized spacial score (nSPS) is 10.6. The molecular weight excluding hydrogens is 198 g/mol. The van der Waals surface area contributed by atoms with Crippen LogP contribution < -0.4 is 5.32 Å². The highest BCUT2D eigenvalue weighted by molar-refractivity contribution is 5.25. The lowest BCUT2D eigenvalue weighted by atomic mass is 10.1. The number of aromatic nitrogens is 2. The maximum atomic E-state index is 4.33. The van der Waals surface area contributed by atoms with Gasteiger partial charge in [-0.3, -0.25) is 0 Å². The van der Waals surface area contributed by atoms with Gasteiger partial charge in [0, 0.05) is 19.3 Å². The summed E-state index contributed by atoms with van der Waals surface area (Å²) in [4.78, 5) is 4.33. The molecular formula is C13H17N3. The first-order valence-electron chi connectivity index (χ1n) is 5.49. The standard InChI is InChI=1S/C13H17N3/c1-11-5-3-4-6-12(11)8-16-9-13(7-14-2)15-10-16/h3-6,9-10,14H,7-8H2,1-2H3. The van der Waals surface area contributed by atoms with Crippen molar-refractivity contribution >= 4 is 0 Å². The van der Waals surface area contributed by atoms with Gasteiger partial charge in [-0.2, -0.15) is 0 Å². The van der Waals surface area contributed by atoms with Gasteiger partial charge in [0.1, 0.15) is 0 Å². The van der Waals surface area contributed by atoms with E-state index in [-0.39, 0.29) is 0 Å². The zero-order chi connectivity index (χ0) is 11.4. The molecule has 0 atom stereocenters. The molecule has 3 nitrogen and oxygen atoms in total. The molecule has 1 aromatic heterocycles. The molecule has 84 valence electrons. The van der Waals surface area contributed by atoms with E-state index in [1.54, 1.807) is 0 Å². The van der Waals surface area contributed by atoms with Gasteiger partial charge < -0.3 is 9.88 Å². The number of benzene rings is 1. The van der Waals surface area contributed by atoms with E-state index in [9.17, 15) is 0 Å². The second kappa shape index (κ2) is 4.94. The number of nitrogens with zero attached hydrogens (tertiary/aromatic N) is 2. The Labute approximate surface area is 96.1 Å². The Balaban J connectivity index is 2.11. The van der Waals surface area contributed by atoms with Crippen molar-refractivity contribution in [2.75, 3.05) is 7.05 Å². The van der Waals surface area contributed by atoms with Crippen LogP contribution in [-0.4, -0.2) is 16.6 Å². The van der Waals surface area contributed by atoms with Crippen molar-refractivity contribution in [1.82, 2.24) is 14.9 Å². The average Bonchev–Trinajstić information content (AvgIpc) is 2.70. The fourth-order valence-electron chi connectivity index (χ4n) is 1.75. The van der Waals surface area contributed by atoms with E-state index in [0.29, 0.717) is 0 Å². The fourth-order valence-corrected chi connectivity index (χ4v) is 1.75. The number of nitrogens with one attached hydrogen (secondary N) is 1. The van der Waals surface area contributed by atoms with Gasteiger partial charge in [-0.05, 0) is 25.1 Å². The molecule has 16 heavy (non-hydrogen) atoms. The summed E-state index contributed by atoms with van der Waals surface area (Å²) in [6, 6.07) is 8.45. The van der Waals surface area contributed by atoms with Crippen molar-refractivity contribution < 1.29 is 0 Å². The van der Waals surface area contributed by atoms with E-state index in [1.807, 2.05) is 13.4 Å². The topological polar surface area (TPSA) is 29.9 Å². The molecule has 2 aromatic rings. The third-order valence-electron chi connectivity index (χ3n) is 2.66. The number of imidazole rings is 1. The van der Waals surface area contributed by atoms with Crippen molar-refractivity contribution in [3.05, 3.63) is 53.6 Å². The molecule has 0 unspecified atom stereocenters. The van der Waals surface area contributed by atoms with Crippen LogP contribution in [0.5, 0.6) is 0 Å². The summed E-state index contributed by atoms with van der Waals surface area (Å²) in [7, 11) is 1.93. The number of rotatable bonds is 4. The fraction of sp³-hybridized carbons (Fsp3) is 0.308. The first kappa shape index (κ1) is 10.9. The monoisotopic (exact) mass is 215 g/mol. The number of hydrogen-bond donors (Lipinski definition) is 1. The molecule has 0 bridgehead atoms. The second-order valence-electron chi connectivity index (χ2n) is 3.99. The van der Waals surface area contributed by atoms with Crippen LogP contribution in [0.3, 0.4) is 0 Å². The molecule has 0 amide bonds. The Morgan fingerprint density at radius 3 is 2.88 bits per heavy atom. The van der Waals surface area contributed by atoms with Crippen LogP contribution >= 0.6 is 0 Å². The minimum absolute atomic E-state index is 0.820. The molecule has 0 saturated heterocycles. The third-order valence-corrected chi connectivity index (χ3v) is 2.66. The Kier molecular flexibility index (Phi) is 3.37. The van der Waals surface area contributed by atoms with Crippen LogP contribution in [0.1, 0.15) is 16.8 Å². The van der Waals surface area contributed by atoms with Crippen LogP contribution in [0.4, 0.5) is 0 Å². The Bertz CT molecular complexity index is 460. The largest absolute Gasteiger partial charge is 0.333 e. The molecule has 1 aromatic carbocycles. The molecule has 2 rings (SSSR count). The van der Waals surface area contributed by atoms with Crippen molar-refractivity contribution in [3.63, 3.8) is 0 Å². The highest BCUT2D eigenvalue weighted by atomic mass is 15.0. The van der Waals surface area contributed by atoms with Gasteiger partial charge in [0.2, 0.25) is 0 Å². The average molecular weight is 215 g/mol. The molecule has 0 aliphatic heterocycles. The van der Waals surface area contributed by atoms with Gasteiger partial charge in [0.15, 0.2) is 0 Å². The Morgan fingerprint density at radius 2 is 2.12 bits per heavy atom. The smallest absolute Gasteiger partial charge is 0.0953 e. The van der Waals surface area contributed by atoms with E-state index in [2.05, 4.69) is 52.3 Å². The van der Waals surface area contributed by atoms with Gasteiger partial charge in [0.25, 0.3) is 0 Å². The summed E-state index contributed by atoms with van der Waals surface area (Å²) in [5.74, 6) is 0. The molecule has 0 aliphatic carbocycles. The SMILES string of the molecule is CNCc1cn(Cc2ccccc2C)cn1. The third kappa shape index (κ3) is 2.49. The van der Waals surface area contributed by atoms with Gasteiger partial charge in [-0.25, -0.2) is 4.98 Å². The Morgan fingerprint density at radius 1 is 1.31 bits per heavy atom. The van der Waals surface area contributed by atoms with Crippen molar-refractivity contribution in [2.45, 2.75) is 20.0 Å². The minimum Gasteiger partial charge on any atom is -0.333 e. The molecule has 0 aliphatic rings.